The third-order valence-electron chi connectivity index (χ3n) is 4.54. The van der Waals surface area contributed by atoms with Gasteiger partial charge in [-0.2, -0.15) is 0 Å². The minimum absolute atomic E-state index is 0.153. The number of nitrogens with zero attached hydrogens (tertiary/aromatic N) is 5. The summed E-state index contributed by atoms with van der Waals surface area (Å²) in [4.78, 5) is 14.8. The Morgan fingerprint density at radius 3 is 2.61 bits per heavy atom. The molecule has 128 valence electrons. The number of carbonyl (C=O) groups is 1. The van der Waals surface area contributed by atoms with Gasteiger partial charge in [-0.1, -0.05) is 38.5 Å². The van der Waals surface area contributed by atoms with E-state index in [1.807, 2.05) is 9.58 Å². The van der Waals surface area contributed by atoms with E-state index < -0.39 is 0 Å². The van der Waals surface area contributed by atoms with Crippen molar-refractivity contribution in [2.24, 2.45) is 5.92 Å². The Labute approximate surface area is 141 Å². The lowest BCUT2D eigenvalue weighted by Crippen LogP contribution is -2.46. The smallest absolute Gasteiger partial charge is 0.236 e. The molecule has 1 saturated carbocycles. The largest absolute Gasteiger partial charge is 0.378 e. The normalized spacial score (nSPS) is 21.1. The van der Waals surface area contributed by atoms with Gasteiger partial charge in [0.2, 0.25) is 11.1 Å². The predicted molar refractivity (Wildman–Crippen MR) is 87.2 cm³/mol. The Morgan fingerprint density at radius 2 is 1.96 bits per heavy atom. The molecular formula is C15H25N5O2S. The van der Waals surface area contributed by atoms with Crippen molar-refractivity contribution >= 4 is 17.7 Å². The van der Waals surface area contributed by atoms with Crippen LogP contribution in [-0.2, 0) is 9.53 Å². The van der Waals surface area contributed by atoms with E-state index >= 15 is 0 Å². The van der Waals surface area contributed by atoms with Crippen LogP contribution in [0.1, 0.15) is 45.6 Å². The van der Waals surface area contributed by atoms with E-state index in [0.717, 1.165) is 18.0 Å². The molecule has 3 rings (SSSR count). The SMILES string of the molecule is CC(C)C(Sc1nnnn1C1CCCC1)C(=O)N1CCOCC1. The molecule has 0 radical (unpaired) electrons. The van der Waals surface area contributed by atoms with Crippen molar-refractivity contribution in [2.75, 3.05) is 26.3 Å². The molecule has 1 saturated heterocycles. The molecule has 7 nitrogen and oxygen atoms in total. The average molecular weight is 339 g/mol. The second kappa shape index (κ2) is 7.61. The van der Waals surface area contributed by atoms with Crippen molar-refractivity contribution in [3.8, 4) is 0 Å². The Morgan fingerprint density at radius 1 is 1.26 bits per heavy atom. The van der Waals surface area contributed by atoms with E-state index in [1.165, 1.54) is 24.6 Å². The Balaban J connectivity index is 1.72. The van der Waals surface area contributed by atoms with E-state index in [9.17, 15) is 4.79 Å². The number of hydrogen-bond donors (Lipinski definition) is 0. The number of morpholine rings is 1. The number of hydrogen-bond acceptors (Lipinski definition) is 6. The van der Waals surface area contributed by atoms with Gasteiger partial charge in [0.25, 0.3) is 0 Å². The van der Waals surface area contributed by atoms with Gasteiger partial charge in [0.05, 0.1) is 24.5 Å². The molecule has 23 heavy (non-hydrogen) atoms. The van der Waals surface area contributed by atoms with Crippen LogP contribution in [-0.4, -0.2) is 62.6 Å². The maximum atomic E-state index is 12.9. The number of rotatable bonds is 5. The number of amides is 1. The van der Waals surface area contributed by atoms with Crippen molar-refractivity contribution in [1.82, 2.24) is 25.1 Å². The molecule has 0 bridgehead atoms. The minimum atomic E-state index is -0.153. The molecule has 1 aromatic rings. The van der Waals surface area contributed by atoms with Gasteiger partial charge in [-0.05, 0) is 29.2 Å². The maximum absolute atomic E-state index is 12.9. The summed E-state index contributed by atoms with van der Waals surface area (Å²) >= 11 is 1.51. The first kappa shape index (κ1) is 16.7. The average Bonchev–Trinajstić information content (AvgIpc) is 3.23. The molecule has 0 spiro atoms. The fourth-order valence-electron chi connectivity index (χ4n) is 3.19. The van der Waals surface area contributed by atoms with E-state index in [0.29, 0.717) is 32.3 Å². The molecule has 0 N–H and O–H groups in total. The van der Waals surface area contributed by atoms with Crippen molar-refractivity contribution in [1.29, 1.82) is 0 Å². The molecule has 1 unspecified atom stereocenters. The minimum Gasteiger partial charge on any atom is -0.378 e. The molecule has 1 aliphatic carbocycles. The van der Waals surface area contributed by atoms with Gasteiger partial charge < -0.3 is 9.64 Å². The molecule has 8 heteroatoms. The lowest BCUT2D eigenvalue weighted by molar-refractivity contribution is -0.135. The van der Waals surface area contributed by atoms with Crippen LogP contribution in [0.3, 0.4) is 0 Å². The molecule has 2 heterocycles. The van der Waals surface area contributed by atoms with Gasteiger partial charge in [0.15, 0.2) is 0 Å². The van der Waals surface area contributed by atoms with E-state index in [1.54, 1.807) is 0 Å². The Kier molecular flexibility index (Phi) is 5.53. The zero-order valence-corrected chi connectivity index (χ0v) is 14.7. The first-order valence-corrected chi connectivity index (χ1v) is 9.36. The van der Waals surface area contributed by atoms with Crippen molar-refractivity contribution in [3.05, 3.63) is 0 Å². The van der Waals surface area contributed by atoms with Crippen LogP contribution in [0.2, 0.25) is 0 Å². The van der Waals surface area contributed by atoms with Crippen LogP contribution in [0.4, 0.5) is 0 Å². The predicted octanol–water partition coefficient (Wildman–Crippen LogP) is 1.76. The van der Waals surface area contributed by atoms with Crippen molar-refractivity contribution < 1.29 is 9.53 Å². The first-order valence-electron chi connectivity index (χ1n) is 8.48. The van der Waals surface area contributed by atoms with Crippen LogP contribution < -0.4 is 0 Å². The number of aromatic nitrogens is 4. The van der Waals surface area contributed by atoms with Gasteiger partial charge in [-0.25, -0.2) is 4.68 Å². The van der Waals surface area contributed by atoms with Gasteiger partial charge in [-0.15, -0.1) is 5.10 Å². The summed E-state index contributed by atoms with van der Waals surface area (Å²) in [5.41, 5.74) is 0. The third kappa shape index (κ3) is 3.85. The van der Waals surface area contributed by atoms with E-state index in [4.69, 9.17) is 4.74 Å². The van der Waals surface area contributed by atoms with E-state index in [-0.39, 0.29) is 17.1 Å². The lowest BCUT2D eigenvalue weighted by Gasteiger charge is -2.31. The van der Waals surface area contributed by atoms with Gasteiger partial charge in [0, 0.05) is 13.1 Å². The summed E-state index contributed by atoms with van der Waals surface area (Å²) in [7, 11) is 0. The topological polar surface area (TPSA) is 73.1 Å². The fraction of sp³-hybridized carbons (Fsp3) is 0.867. The number of tetrazole rings is 1. The third-order valence-corrected chi connectivity index (χ3v) is 6.02. The zero-order valence-electron chi connectivity index (χ0n) is 13.8. The zero-order chi connectivity index (χ0) is 16.2. The highest BCUT2D eigenvalue weighted by Crippen LogP contribution is 2.34. The first-order chi connectivity index (χ1) is 11.2. The van der Waals surface area contributed by atoms with Crippen LogP contribution in [0.5, 0.6) is 0 Å². The lowest BCUT2D eigenvalue weighted by atomic mass is 10.1. The molecule has 1 aromatic heterocycles. The molecule has 1 amide bonds. The molecule has 2 aliphatic rings. The maximum Gasteiger partial charge on any atom is 0.236 e. The second-order valence-corrected chi connectivity index (χ2v) is 7.67. The summed E-state index contributed by atoms with van der Waals surface area (Å²) < 4.78 is 7.28. The number of thioether (sulfide) groups is 1. The summed E-state index contributed by atoms with van der Waals surface area (Å²) in [5, 5.41) is 12.8. The Bertz CT molecular complexity index is 524. The van der Waals surface area contributed by atoms with Crippen LogP contribution in [0, 0.1) is 5.92 Å². The molecule has 1 aliphatic heterocycles. The summed E-state index contributed by atoms with van der Waals surface area (Å²) in [6.45, 7) is 6.77. The Hall–Kier alpha value is -1.15. The highest BCUT2D eigenvalue weighted by molar-refractivity contribution is 8.00. The summed E-state index contributed by atoms with van der Waals surface area (Å²) in [6.07, 6.45) is 4.72. The molecule has 1 atom stereocenters. The van der Waals surface area contributed by atoms with Gasteiger partial charge in [-0.3, -0.25) is 4.79 Å². The quantitative estimate of drug-likeness (QED) is 0.761. The molecule has 2 fully saturated rings. The van der Waals surface area contributed by atoms with Gasteiger partial charge >= 0.3 is 0 Å². The summed E-state index contributed by atoms with van der Waals surface area (Å²) in [5.74, 6) is 0.401. The second-order valence-electron chi connectivity index (χ2n) is 6.56. The highest BCUT2D eigenvalue weighted by Gasteiger charge is 2.32. The van der Waals surface area contributed by atoms with Crippen LogP contribution in [0.15, 0.2) is 5.16 Å². The van der Waals surface area contributed by atoms with E-state index in [2.05, 4.69) is 29.4 Å². The molecule has 0 aromatic carbocycles. The van der Waals surface area contributed by atoms with Crippen LogP contribution in [0.25, 0.3) is 0 Å². The van der Waals surface area contributed by atoms with Crippen molar-refractivity contribution in [3.63, 3.8) is 0 Å². The molecular weight excluding hydrogens is 314 g/mol. The van der Waals surface area contributed by atoms with Gasteiger partial charge in [0.1, 0.15) is 0 Å². The summed E-state index contributed by atoms with van der Waals surface area (Å²) in [6, 6.07) is 0.388. The standard InChI is InChI=1S/C15H25N5O2S/c1-11(2)13(14(21)19-7-9-22-10-8-19)23-15-16-17-18-20(15)12-5-3-4-6-12/h11-13H,3-10H2,1-2H3. The monoisotopic (exact) mass is 339 g/mol. The fourth-order valence-corrected chi connectivity index (χ4v) is 4.32. The number of carbonyl (C=O) groups excluding carboxylic acids is 1. The number of ether oxygens (including phenoxy) is 1. The highest BCUT2D eigenvalue weighted by atomic mass is 32.2. The van der Waals surface area contributed by atoms with Crippen molar-refractivity contribution in [2.45, 2.75) is 56.0 Å². The van der Waals surface area contributed by atoms with Crippen LogP contribution >= 0.6 is 11.8 Å².